The monoisotopic (exact) mass is 369 g/mol. The van der Waals surface area contributed by atoms with E-state index in [0.717, 1.165) is 18.4 Å². The fourth-order valence-electron chi connectivity index (χ4n) is 2.65. The van der Waals surface area contributed by atoms with Crippen LogP contribution >= 0.6 is 0 Å². The van der Waals surface area contributed by atoms with Crippen LogP contribution in [0.1, 0.15) is 41.8 Å². The Morgan fingerprint density at radius 1 is 0.963 bits per heavy atom. The zero-order valence-corrected chi connectivity index (χ0v) is 16.1. The lowest BCUT2D eigenvalue weighted by Gasteiger charge is -2.18. The smallest absolute Gasteiger partial charge is 0.338 e. The molecule has 2 rings (SSSR count). The van der Waals surface area contributed by atoms with E-state index < -0.39 is 12.1 Å². The summed E-state index contributed by atoms with van der Waals surface area (Å²) >= 11 is 0. The maximum atomic E-state index is 12.3. The minimum absolute atomic E-state index is 0.00724. The van der Waals surface area contributed by atoms with E-state index in [0.29, 0.717) is 12.2 Å². The van der Waals surface area contributed by atoms with Crippen molar-refractivity contribution in [3.05, 3.63) is 71.3 Å². The van der Waals surface area contributed by atoms with Gasteiger partial charge >= 0.3 is 5.97 Å². The summed E-state index contributed by atoms with van der Waals surface area (Å²) in [5.41, 5.74) is 2.61. The molecule has 0 aliphatic heterocycles. The molecule has 0 saturated heterocycles. The molecule has 144 valence electrons. The van der Waals surface area contributed by atoms with Gasteiger partial charge in [0.05, 0.1) is 12.2 Å². The molecule has 1 amide bonds. The van der Waals surface area contributed by atoms with Crippen LogP contribution < -0.4 is 5.32 Å². The number of rotatable bonds is 9. The number of nitrogens with one attached hydrogen (secondary N) is 1. The molecule has 0 unspecified atom stereocenters. The van der Waals surface area contributed by atoms with Gasteiger partial charge in [-0.2, -0.15) is 0 Å². The van der Waals surface area contributed by atoms with E-state index in [1.165, 1.54) is 5.56 Å². The lowest BCUT2D eigenvalue weighted by molar-refractivity contribution is -0.129. The number of methoxy groups -OCH3 is 1. The summed E-state index contributed by atoms with van der Waals surface area (Å²) in [5, 5.41) is 2.90. The van der Waals surface area contributed by atoms with E-state index in [4.69, 9.17) is 9.47 Å². The van der Waals surface area contributed by atoms with Crippen LogP contribution in [0.2, 0.25) is 0 Å². The van der Waals surface area contributed by atoms with Crippen molar-refractivity contribution in [1.29, 1.82) is 0 Å². The second-order valence-corrected chi connectivity index (χ2v) is 6.61. The second kappa shape index (κ2) is 10.5. The third kappa shape index (κ3) is 6.87. The van der Waals surface area contributed by atoms with Crippen molar-refractivity contribution in [1.82, 2.24) is 5.32 Å². The first kappa shape index (κ1) is 20.6. The summed E-state index contributed by atoms with van der Waals surface area (Å²) in [6, 6.07) is 17.1. The molecule has 0 aliphatic rings. The molecule has 27 heavy (non-hydrogen) atoms. The minimum atomic E-state index is -0.852. The molecule has 0 saturated carbocycles. The van der Waals surface area contributed by atoms with Crippen molar-refractivity contribution in [2.75, 3.05) is 7.11 Å². The van der Waals surface area contributed by atoms with Gasteiger partial charge < -0.3 is 14.8 Å². The van der Waals surface area contributed by atoms with Crippen molar-refractivity contribution >= 4 is 11.9 Å². The quantitative estimate of drug-likeness (QED) is 0.687. The van der Waals surface area contributed by atoms with Gasteiger partial charge in [0.15, 0.2) is 6.10 Å². The van der Waals surface area contributed by atoms with Crippen LogP contribution in [0.25, 0.3) is 0 Å². The highest BCUT2D eigenvalue weighted by Crippen LogP contribution is 2.09. The average Bonchev–Trinajstić information content (AvgIpc) is 2.68. The molecule has 0 fully saturated rings. The summed E-state index contributed by atoms with van der Waals surface area (Å²) in [6.07, 6.45) is 0.845. The van der Waals surface area contributed by atoms with Crippen molar-refractivity contribution in [3.63, 3.8) is 0 Å². The number of carbonyl (C=O) groups is 2. The Hall–Kier alpha value is -2.66. The van der Waals surface area contributed by atoms with E-state index in [1.54, 1.807) is 38.3 Å². The maximum absolute atomic E-state index is 12.3. The van der Waals surface area contributed by atoms with Crippen molar-refractivity contribution in [3.8, 4) is 0 Å². The Balaban J connectivity index is 1.79. The number of hydrogen-bond donors (Lipinski definition) is 1. The molecule has 0 aliphatic carbocycles. The summed E-state index contributed by atoms with van der Waals surface area (Å²) in [5.74, 6) is -0.807. The van der Waals surface area contributed by atoms with Crippen LogP contribution in [-0.4, -0.2) is 31.1 Å². The Kier molecular flexibility index (Phi) is 8.01. The third-order valence-electron chi connectivity index (χ3n) is 4.25. The molecule has 2 atom stereocenters. The average molecular weight is 369 g/mol. The first-order valence-electron chi connectivity index (χ1n) is 9.12. The minimum Gasteiger partial charge on any atom is -0.449 e. The highest BCUT2D eigenvalue weighted by Gasteiger charge is 2.20. The molecule has 5 heteroatoms. The first-order valence-corrected chi connectivity index (χ1v) is 9.12. The molecular formula is C22H27NO4. The number of amides is 1. The van der Waals surface area contributed by atoms with Crippen LogP contribution in [0.3, 0.4) is 0 Å². The van der Waals surface area contributed by atoms with Crippen LogP contribution in [0.15, 0.2) is 54.6 Å². The highest BCUT2D eigenvalue weighted by molar-refractivity contribution is 5.92. The lowest BCUT2D eigenvalue weighted by Crippen LogP contribution is -2.41. The normalized spacial score (nSPS) is 12.9. The Labute approximate surface area is 160 Å². The van der Waals surface area contributed by atoms with Crippen molar-refractivity contribution < 1.29 is 19.1 Å². The molecule has 1 N–H and O–H groups in total. The van der Waals surface area contributed by atoms with Crippen LogP contribution in [0.5, 0.6) is 0 Å². The largest absolute Gasteiger partial charge is 0.449 e. The topological polar surface area (TPSA) is 64.6 Å². The Morgan fingerprint density at radius 2 is 1.63 bits per heavy atom. The molecule has 0 aromatic heterocycles. The van der Waals surface area contributed by atoms with E-state index in [-0.39, 0.29) is 11.9 Å². The van der Waals surface area contributed by atoms with E-state index in [9.17, 15) is 9.59 Å². The number of carbonyl (C=O) groups excluding carboxylic acids is 2. The van der Waals surface area contributed by atoms with Crippen LogP contribution in [-0.2, 0) is 27.3 Å². The zero-order chi connectivity index (χ0) is 19.6. The van der Waals surface area contributed by atoms with Gasteiger partial charge in [-0.15, -0.1) is 0 Å². The molecule has 2 aromatic rings. The summed E-state index contributed by atoms with van der Waals surface area (Å²) in [6.45, 7) is 4.01. The van der Waals surface area contributed by atoms with Gasteiger partial charge in [-0.3, -0.25) is 4.79 Å². The SMILES string of the molecule is COCc1ccc(C(=O)O[C@H](C)C(=O)N[C@@H](C)CCc2ccccc2)cc1. The fourth-order valence-corrected chi connectivity index (χ4v) is 2.65. The van der Waals surface area contributed by atoms with Crippen LogP contribution in [0, 0.1) is 0 Å². The molecule has 0 bridgehead atoms. The Bertz CT molecular complexity index is 728. The van der Waals surface area contributed by atoms with Gasteiger partial charge in [0, 0.05) is 13.2 Å². The summed E-state index contributed by atoms with van der Waals surface area (Å²) in [4.78, 5) is 24.5. The number of esters is 1. The zero-order valence-electron chi connectivity index (χ0n) is 16.1. The number of hydrogen-bond acceptors (Lipinski definition) is 4. The van der Waals surface area contributed by atoms with Gasteiger partial charge in [-0.1, -0.05) is 42.5 Å². The van der Waals surface area contributed by atoms with Crippen molar-refractivity contribution in [2.45, 2.75) is 45.4 Å². The molecule has 0 radical (unpaired) electrons. The molecular weight excluding hydrogens is 342 g/mol. The maximum Gasteiger partial charge on any atom is 0.338 e. The van der Waals surface area contributed by atoms with Gasteiger partial charge in [-0.25, -0.2) is 4.79 Å². The molecule has 2 aromatic carbocycles. The van der Waals surface area contributed by atoms with Crippen molar-refractivity contribution in [2.24, 2.45) is 0 Å². The van der Waals surface area contributed by atoms with Gasteiger partial charge in [-0.05, 0) is 49.9 Å². The molecule has 0 spiro atoms. The standard InChI is InChI=1S/C22H27NO4/c1-16(9-10-18-7-5-4-6-8-18)23-21(24)17(2)27-22(25)20-13-11-19(12-14-20)15-26-3/h4-8,11-14,16-17H,9-10,15H2,1-3H3,(H,23,24)/t16-,17+/m0/s1. The highest BCUT2D eigenvalue weighted by atomic mass is 16.5. The van der Waals surface area contributed by atoms with E-state index >= 15 is 0 Å². The number of benzene rings is 2. The van der Waals surface area contributed by atoms with Crippen LogP contribution in [0.4, 0.5) is 0 Å². The fraction of sp³-hybridized carbons (Fsp3) is 0.364. The third-order valence-corrected chi connectivity index (χ3v) is 4.25. The van der Waals surface area contributed by atoms with Gasteiger partial charge in [0.2, 0.25) is 0 Å². The second-order valence-electron chi connectivity index (χ2n) is 6.61. The molecule has 0 heterocycles. The lowest BCUT2D eigenvalue weighted by atomic mass is 10.1. The predicted molar refractivity (Wildman–Crippen MR) is 104 cm³/mol. The molecule has 5 nitrogen and oxygen atoms in total. The van der Waals surface area contributed by atoms with E-state index in [1.807, 2.05) is 25.1 Å². The number of aryl methyl sites for hydroxylation is 1. The summed E-state index contributed by atoms with van der Waals surface area (Å²) in [7, 11) is 1.61. The van der Waals surface area contributed by atoms with E-state index in [2.05, 4.69) is 17.4 Å². The Morgan fingerprint density at radius 3 is 2.26 bits per heavy atom. The first-order chi connectivity index (χ1) is 13.0. The van der Waals surface area contributed by atoms with Gasteiger partial charge in [0.25, 0.3) is 5.91 Å². The number of ether oxygens (including phenoxy) is 2. The predicted octanol–water partition coefficient (Wildman–Crippen LogP) is 3.52. The summed E-state index contributed by atoms with van der Waals surface area (Å²) < 4.78 is 10.3. The van der Waals surface area contributed by atoms with Gasteiger partial charge in [0.1, 0.15) is 0 Å².